The molecule has 1 unspecified atom stereocenters. The minimum absolute atomic E-state index is 0.0801. The van der Waals surface area contributed by atoms with Crippen LogP contribution in [0.15, 0.2) is 30.5 Å². The summed E-state index contributed by atoms with van der Waals surface area (Å²) in [6, 6.07) is 7.55. The molecule has 1 amide bonds. The van der Waals surface area contributed by atoms with Crippen LogP contribution >= 0.6 is 23.2 Å². The van der Waals surface area contributed by atoms with Gasteiger partial charge in [-0.15, -0.1) is 0 Å². The lowest BCUT2D eigenvalue weighted by Crippen LogP contribution is -2.50. The Morgan fingerprint density at radius 2 is 1.84 bits per heavy atom. The number of piperazine rings is 1. The molecule has 0 spiro atoms. The molecule has 1 aliphatic heterocycles. The summed E-state index contributed by atoms with van der Waals surface area (Å²) in [5.74, 6) is 0.0801. The average molecular weight is 381 g/mol. The van der Waals surface area contributed by atoms with Gasteiger partial charge in [0.2, 0.25) is 5.91 Å². The number of aromatic nitrogens is 2. The molecule has 1 aromatic carbocycles. The number of hydrogen-bond acceptors (Lipinski definition) is 3. The van der Waals surface area contributed by atoms with E-state index in [9.17, 15) is 4.79 Å². The van der Waals surface area contributed by atoms with Crippen molar-refractivity contribution in [2.45, 2.75) is 26.4 Å². The van der Waals surface area contributed by atoms with Crippen molar-refractivity contribution in [3.8, 4) is 0 Å². The van der Waals surface area contributed by atoms with Crippen molar-refractivity contribution in [3.63, 3.8) is 0 Å². The van der Waals surface area contributed by atoms with Gasteiger partial charge in [-0.25, -0.2) is 0 Å². The highest BCUT2D eigenvalue weighted by atomic mass is 35.5. The minimum Gasteiger partial charge on any atom is -0.338 e. The van der Waals surface area contributed by atoms with E-state index >= 15 is 0 Å². The SMILES string of the molecule is Cc1nn(C(C)C(=O)N2CCN(Cc3ccccc3Cl)CC2)cc1Cl. The van der Waals surface area contributed by atoms with Crippen LogP contribution in [0.5, 0.6) is 0 Å². The average Bonchev–Trinajstić information content (AvgIpc) is 2.95. The van der Waals surface area contributed by atoms with E-state index < -0.39 is 0 Å². The molecule has 0 N–H and O–H groups in total. The Hall–Kier alpha value is -1.56. The van der Waals surface area contributed by atoms with Crippen LogP contribution in [0.3, 0.4) is 0 Å². The second-order valence-electron chi connectivity index (χ2n) is 6.41. The van der Waals surface area contributed by atoms with E-state index in [4.69, 9.17) is 23.2 Å². The molecule has 1 saturated heterocycles. The van der Waals surface area contributed by atoms with Crippen LogP contribution in [0.1, 0.15) is 24.2 Å². The molecule has 0 radical (unpaired) electrons. The molecule has 134 valence electrons. The van der Waals surface area contributed by atoms with Crippen LogP contribution in [0.4, 0.5) is 0 Å². The summed E-state index contributed by atoms with van der Waals surface area (Å²) in [6.07, 6.45) is 1.72. The fourth-order valence-corrected chi connectivity index (χ4v) is 3.36. The van der Waals surface area contributed by atoms with Gasteiger partial charge in [0.05, 0.1) is 10.7 Å². The predicted octanol–water partition coefficient (Wildman–Crippen LogP) is 3.40. The fourth-order valence-electron chi connectivity index (χ4n) is 3.03. The first-order valence-electron chi connectivity index (χ1n) is 8.41. The third-order valence-electron chi connectivity index (χ3n) is 4.65. The molecular formula is C18H22Cl2N4O. The number of rotatable bonds is 4. The number of amides is 1. The molecule has 1 fully saturated rings. The van der Waals surface area contributed by atoms with Crippen molar-refractivity contribution in [1.29, 1.82) is 0 Å². The third kappa shape index (κ3) is 4.17. The first-order valence-corrected chi connectivity index (χ1v) is 9.17. The topological polar surface area (TPSA) is 41.4 Å². The Balaban J connectivity index is 1.56. The van der Waals surface area contributed by atoms with Crippen molar-refractivity contribution < 1.29 is 4.79 Å². The Morgan fingerprint density at radius 3 is 2.44 bits per heavy atom. The maximum Gasteiger partial charge on any atom is 0.247 e. The molecular weight excluding hydrogens is 359 g/mol. The third-order valence-corrected chi connectivity index (χ3v) is 5.39. The van der Waals surface area contributed by atoms with Gasteiger partial charge in [-0.1, -0.05) is 41.4 Å². The monoisotopic (exact) mass is 380 g/mol. The zero-order chi connectivity index (χ0) is 18.0. The van der Waals surface area contributed by atoms with Crippen molar-refractivity contribution in [1.82, 2.24) is 19.6 Å². The van der Waals surface area contributed by atoms with Crippen LogP contribution in [0.25, 0.3) is 0 Å². The first-order chi connectivity index (χ1) is 12.0. The number of carbonyl (C=O) groups is 1. The Kier molecular flexibility index (Phi) is 5.67. The van der Waals surface area contributed by atoms with Gasteiger partial charge in [0, 0.05) is 43.9 Å². The van der Waals surface area contributed by atoms with Gasteiger partial charge in [-0.05, 0) is 25.5 Å². The van der Waals surface area contributed by atoms with Crippen LogP contribution in [-0.2, 0) is 11.3 Å². The second kappa shape index (κ2) is 7.77. The maximum absolute atomic E-state index is 12.7. The molecule has 0 aliphatic carbocycles. The van der Waals surface area contributed by atoms with Crippen LogP contribution in [0, 0.1) is 6.92 Å². The predicted molar refractivity (Wildman–Crippen MR) is 100.0 cm³/mol. The van der Waals surface area contributed by atoms with Gasteiger partial charge in [-0.3, -0.25) is 14.4 Å². The Morgan fingerprint density at radius 1 is 1.16 bits per heavy atom. The number of carbonyl (C=O) groups excluding carboxylic acids is 1. The smallest absolute Gasteiger partial charge is 0.247 e. The van der Waals surface area contributed by atoms with Gasteiger partial charge in [0.1, 0.15) is 6.04 Å². The molecule has 25 heavy (non-hydrogen) atoms. The summed E-state index contributed by atoms with van der Waals surface area (Å²) < 4.78 is 1.65. The summed E-state index contributed by atoms with van der Waals surface area (Å²) in [6.45, 7) is 7.60. The van der Waals surface area contributed by atoms with Crippen LogP contribution in [-0.4, -0.2) is 51.7 Å². The van der Waals surface area contributed by atoms with E-state index in [0.717, 1.165) is 35.9 Å². The van der Waals surface area contributed by atoms with E-state index in [2.05, 4.69) is 10.00 Å². The lowest BCUT2D eigenvalue weighted by Gasteiger charge is -2.36. The molecule has 1 aliphatic rings. The number of aryl methyl sites for hydroxylation is 1. The van der Waals surface area contributed by atoms with Crippen molar-refractivity contribution in [2.24, 2.45) is 0 Å². The summed E-state index contributed by atoms with van der Waals surface area (Å²) in [5.41, 5.74) is 1.87. The highest BCUT2D eigenvalue weighted by molar-refractivity contribution is 6.31. The van der Waals surface area contributed by atoms with Crippen LogP contribution in [0.2, 0.25) is 10.0 Å². The quantitative estimate of drug-likeness (QED) is 0.815. The van der Waals surface area contributed by atoms with Gasteiger partial charge in [-0.2, -0.15) is 5.10 Å². The summed E-state index contributed by atoms with van der Waals surface area (Å²) in [7, 11) is 0. The van der Waals surface area contributed by atoms with Crippen molar-refractivity contribution in [3.05, 3.63) is 51.8 Å². The highest BCUT2D eigenvalue weighted by Crippen LogP contribution is 2.20. The van der Waals surface area contributed by atoms with E-state index in [-0.39, 0.29) is 11.9 Å². The zero-order valence-corrected chi connectivity index (χ0v) is 16.0. The van der Waals surface area contributed by atoms with Gasteiger partial charge in [0.15, 0.2) is 0 Å². The molecule has 0 saturated carbocycles. The molecule has 5 nitrogen and oxygen atoms in total. The molecule has 3 rings (SSSR count). The van der Waals surface area contributed by atoms with Gasteiger partial charge in [0.25, 0.3) is 0 Å². The van der Waals surface area contributed by atoms with Crippen LogP contribution < -0.4 is 0 Å². The number of halogens is 2. The molecule has 2 aromatic rings. The number of hydrogen-bond donors (Lipinski definition) is 0. The second-order valence-corrected chi connectivity index (χ2v) is 7.23. The highest BCUT2D eigenvalue weighted by Gasteiger charge is 2.26. The molecule has 7 heteroatoms. The molecule has 1 aromatic heterocycles. The molecule has 2 heterocycles. The summed E-state index contributed by atoms with van der Waals surface area (Å²) in [4.78, 5) is 16.9. The Labute approximate surface area is 158 Å². The van der Waals surface area contributed by atoms with Crippen molar-refractivity contribution in [2.75, 3.05) is 26.2 Å². The fraction of sp³-hybridized carbons (Fsp3) is 0.444. The van der Waals surface area contributed by atoms with Crippen molar-refractivity contribution >= 4 is 29.1 Å². The van der Waals surface area contributed by atoms with Gasteiger partial charge < -0.3 is 4.90 Å². The zero-order valence-electron chi connectivity index (χ0n) is 14.5. The minimum atomic E-state index is -0.346. The molecule has 0 bridgehead atoms. The van der Waals surface area contributed by atoms with E-state index in [1.807, 2.05) is 43.0 Å². The lowest BCUT2D eigenvalue weighted by atomic mass is 10.2. The van der Waals surface area contributed by atoms with Gasteiger partial charge >= 0.3 is 0 Å². The Bertz CT molecular complexity index is 734. The summed E-state index contributed by atoms with van der Waals surface area (Å²) >= 11 is 12.3. The number of nitrogens with zero attached hydrogens (tertiary/aromatic N) is 4. The normalized spacial score (nSPS) is 16.9. The van der Waals surface area contributed by atoms with E-state index in [1.54, 1.807) is 10.9 Å². The van der Waals surface area contributed by atoms with E-state index in [1.165, 1.54) is 0 Å². The summed E-state index contributed by atoms with van der Waals surface area (Å²) in [5, 5.41) is 5.70. The lowest BCUT2D eigenvalue weighted by molar-refractivity contribution is -0.136. The van der Waals surface area contributed by atoms with E-state index in [0.29, 0.717) is 18.1 Å². The maximum atomic E-state index is 12.7. The molecule has 1 atom stereocenters. The first kappa shape index (κ1) is 18.2. The largest absolute Gasteiger partial charge is 0.338 e. The standard InChI is InChI=1S/C18H22Cl2N4O/c1-13-17(20)12-24(21-13)14(2)18(25)23-9-7-22(8-10-23)11-15-5-3-4-6-16(15)19/h3-6,12,14H,7-11H2,1-2H3. The number of benzene rings is 1.